The summed E-state index contributed by atoms with van der Waals surface area (Å²) in [7, 11) is 0. The Morgan fingerprint density at radius 3 is 3.00 bits per heavy atom. The molecule has 6 nitrogen and oxygen atoms in total. The van der Waals surface area contributed by atoms with E-state index < -0.39 is 11.4 Å². The van der Waals surface area contributed by atoms with Gasteiger partial charge in [-0.05, 0) is 6.92 Å². The predicted octanol–water partition coefficient (Wildman–Crippen LogP) is -0.115. The lowest BCUT2D eigenvalue weighted by atomic mass is 9.81. The zero-order valence-electron chi connectivity index (χ0n) is 8.93. The highest BCUT2D eigenvalue weighted by Gasteiger charge is 2.53. The van der Waals surface area contributed by atoms with E-state index in [4.69, 9.17) is 5.11 Å². The fraction of sp³-hybridized carbons (Fsp3) is 0.500. The first-order chi connectivity index (χ1) is 7.54. The molecule has 1 aromatic heterocycles. The van der Waals surface area contributed by atoms with Crippen LogP contribution >= 0.6 is 0 Å². The number of carbonyl (C=O) groups is 2. The minimum Gasteiger partial charge on any atom is -0.480 e. The number of aromatic nitrogens is 2. The van der Waals surface area contributed by atoms with Gasteiger partial charge in [0.05, 0.1) is 6.33 Å². The van der Waals surface area contributed by atoms with Crippen molar-refractivity contribution in [2.75, 3.05) is 13.1 Å². The summed E-state index contributed by atoms with van der Waals surface area (Å²) in [6, 6.07) is 0. The zero-order chi connectivity index (χ0) is 11.8. The van der Waals surface area contributed by atoms with Gasteiger partial charge in [-0.25, -0.2) is 4.98 Å². The second-order valence-electron chi connectivity index (χ2n) is 4.19. The van der Waals surface area contributed by atoms with E-state index in [0.29, 0.717) is 13.0 Å². The van der Waals surface area contributed by atoms with Crippen LogP contribution in [0.25, 0.3) is 0 Å². The Morgan fingerprint density at radius 1 is 1.75 bits per heavy atom. The first kappa shape index (κ1) is 10.7. The Labute approximate surface area is 92.3 Å². The van der Waals surface area contributed by atoms with Gasteiger partial charge in [0.25, 0.3) is 0 Å². The normalized spacial score (nSPS) is 24.3. The largest absolute Gasteiger partial charge is 0.480 e. The van der Waals surface area contributed by atoms with Crippen LogP contribution in [0.2, 0.25) is 0 Å². The van der Waals surface area contributed by atoms with E-state index in [1.54, 1.807) is 17.4 Å². The molecule has 0 aliphatic carbocycles. The summed E-state index contributed by atoms with van der Waals surface area (Å²) in [5.74, 6) is -1.35. The number of amides is 1. The molecular formula is C10H13N3O3. The number of aliphatic carboxylic acids is 1. The minimum absolute atomic E-state index is 0.287. The molecule has 1 saturated heterocycles. The van der Waals surface area contributed by atoms with Crippen LogP contribution in [0.3, 0.4) is 0 Å². The zero-order valence-corrected chi connectivity index (χ0v) is 8.93. The Morgan fingerprint density at radius 2 is 2.50 bits per heavy atom. The monoisotopic (exact) mass is 223 g/mol. The second-order valence-corrected chi connectivity index (χ2v) is 4.19. The molecule has 2 rings (SSSR count). The van der Waals surface area contributed by atoms with Gasteiger partial charge >= 0.3 is 5.97 Å². The van der Waals surface area contributed by atoms with Crippen LogP contribution in [0.5, 0.6) is 0 Å². The first-order valence-corrected chi connectivity index (χ1v) is 5.04. The molecule has 2 heterocycles. The number of carboxylic acid groups (broad SMARTS) is 1. The number of carbonyl (C=O) groups excluding carboxylic acids is 1. The molecule has 1 aromatic rings. The summed E-state index contributed by atoms with van der Waals surface area (Å²) in [6.45, 7) is 2.28. The quantitative estimate of drug-likeness (QED) is 0.550. The van der Waals surface area contributed by atoms with E-state index in [-0.39, 0.29) is 12.5 Å². The molecule has 1 aliphatic rings. The van der Waals surface area contributed by atoms with Gasteiger partial charge in [-0.2, -0.15) is 0 Å². The summed E-state index contributed by atoms with van der Waals surface area (Å²) < 4.78 is 0. The van der Waals surface area contributed by atoms with Crippen molar-refractivity contribution in [3.05, 3.63) is 18.2 Å². The van der Waals surface area contributed by atoms with E-state index in [2.05, 4.69) is 9.97 Å². The molecule has 16 heavy (non-hydrogen) atoms. The fourth-order valence-electron chi connectivity index (χ4n) is 1.80. The fourth-order valence-corrected chi connectivity index (χ4v) is 1.80. The third-order valence-corrected chi connectivity index (χ3v) is 2.94. The lowest BCUT2D eigenvalue weighted by molar-refractivity contribution is -0.174. The third-order valence-electron chi connectivity index (χ3n) is 2.94. The Hall–Kier alpha value is -1.85. The Bertz CT molecular complexity index is 415. The van der Waals surface area contributed by atoms with Crippen LogP contribution in [-0.4, -0.2) is 44.9 Å². The number of hydrogen-bond donors (Lipinski definition) is 2. The summed E-state index contributed by atoms with van der Waals surface area (Å²) >= 11 is 0. The van der Waals surface area contributed by atoms with Gasteiger partial charge in [-0.3, -0.25) is 9.59 Å². The Balaban J connectivity index is 1.87. The first-order valence-electron chi connectivity index (χ1n) is 5.04. The Kier molecular flexibility index (Phi) is 2.41. The van der Waals surface area contributed by atoms with Gasteiger partial charge in [0, 0.05) is 31.4 Å². The van der Waals surface area contributed by atoms with E-state index >= 15 is 0 Å². The maximum atomic E-state index is 11.6. The van der Waals surface area contributed by atoms with Crippen molar-refractivity contribution >= 4 is 11.9 Å². The van der Waals surface area contributed by atoms with Crippen molar-refractivity contribution in [3.8, 4) is 0 Å². The van der Waals surface area contributed by atoms with E-state index in [0.717, 1.165) is 5.69 Å². The van der Waals surface area contributed by atoms with Gasteiger partial charge < -0.3 is 15.0 Å². The minimum atomic E-state index is -1.21. The number of nitrogens with one attached hydrogen (secondary N) is 1. The third kappa shape index (κ3) is 1.56. The van der Waals surface area contributed by atoms with Gasteiger partial charge in [-0.15, -0.1) is 0 Å². The van der Waals surface area contributed by atoms with Crippen molar-refractivity contribution in [3.63, 3.8) is 0 Å². The summed E-state index contributed by atoms with van der Waals surface area (Å²) in [5, 5.41) is 8.87. The average Bonchev–Trinajstić information content (AvgIpc) is 2.75. The molecular weight excluding hydrogens is 210 g/mol. The highest BCUT2D eigenvalue weighted by atomic mass is 16.4. The maximum Gasteiger partial charge on any atom is 0.320 e. The number of likely N-dealkylation sites (tertiary alicyclic amines) is 1. The van der Waals surface area contributed by atoms with Gasteiger partial charge in [-0.1, -0.05) is 0 Å². The number of aromatic amines is 1. The van der Waals surface area contributed by atoms with Crippen LogP contribution in [0.15, 0.2) is 12.5 Å². The van der Waals surface area contributed by atoms with Crippen LogP contribution in [0, 0.1) is 5.41 Å². The second kappa shape index (κ2) is 3.62. The summed E-state index contributed by atoms with van der Waals surface area (Å²) in [6.07, 6.45) is 3.94. The molecule has 0 unspecified atom stereocenters. The van der Waals surface area contributed by atoms with Crippen LogP contribution in [-0.2, 0) is 16.0 Å². The SMILES string of the molecule is C[C@@]1(C(=O)O)CN(CCc2cnc[nH]2)C1=O. The standard InChI is InChI=1S/C10H13N3O3/c1-10(9(15)16)5-13(8(10)14)3-2-7-4-11-6-12-7/h4,6H,2-3,5H2,1H3,(H,11,12)(H,15,16)/t10-/m1/s1. The van der Waals surface area contributed by atoms with Crippen LogP contribution in [0.4, 0.5) is 0 Å². The smallest absolute Gasteiger partial charge is 0.320 e. The lowest BCUT2D eigenvalue weighted by Crippen LogP contribution is -2.63. The molecule has 0 radical (unpaired) electrons. The molecule has 0 aromatic carbocycles. The van der Waals surface area contributed by atoms with Crippen LogP contribution < -0.4 is 0 Å². The number of nitrogens with zero attached hydrogens (tertiary/aromatic N) is 2. The number of rotatable bonds is 4. The highest BCUT2D eigenvalue weighted by Crippen LogP contribution is 2.31. The number of carboxylic acids is 1. The molecule has 1 fully saturated rings. The van der Waals surface area contributed by atoms with E-state index in [1.807, 2.05) is 0 Å². The van der Waals surface area contributed by atoms with Gasteiger partial charge in [0.2, 0.25) is 5.91 Å². The molecule has 86 valence electrons. The molecule has 2 N–H and O–H groups in total. The summed E-state index contributed by atoms with van der Waals surface area (Å²) in [4.78, 5) is 30.8. The molecule has 0 spiro atoms. The molecule has 0 bridgehead atoms. The maximum absolute atomic E-state index is 11.6. The molecule has 0 saturated carbocycles. The van der Waals surface area contributed by atoms with E-state index in [1.165, 1.54) is 6.92 Å². The van der Waals surface area contributed by atoms with Gasteiger partial charge in [0.1, 0.15) is 0 Å². The molecule has 6 heteroatoms. The summed E-state index contributed by atoms with van der Waals surface area (Å²) in [5.41, 5.74) is -0.273. The molecule has 1 amide bonds. The van der Waals surface area contributed by atoms with E-state index in [9.17, 15) is 9.59 Å². The molecule has 1 atom stereocenters. The van der Waals surface area contributed by atoms with Crippen LogP contribution in [0.1, 0.15) is 12.6 Å². The predicted molar refractivity (Wildman–Crippen MR) is 54.6 cm³/mol. The topological polar surface area (TPSA) is 86.3 Å². The highest BCUT2D eigenvalue weighted by molar-refractivity contribution is 6.06. The van der Waals surface area contributed by atoms with Crippen molar-refractivity contribution in [2.24, 2.45) is 5.41 Å². The average molecular weight is 223 g/mol. The van der Waals surface area contributed by atoms with Crippen molar-refractivity contribution in [1.29, 1.82) is 0 Å². The number of H-pyrrole nitrogens is 1. The van der Waals surface area contributed by atoms with Crippen molar-refractivity contribution in [1.82, 2.24) is 14.9 Å². The van der Waals surface area contributed by atoms with Crippen molar-refractivity contribution in [2.45, 2.75) is 13.3 Å². The number of hydrogen-bond acceptors (Lipinski definition) is 3. The number of β-lactam (4-membered cyclic amide) rings is 1. The number of imidazole rings is 1. The van der Waals surface area contributed by atoms with Crippen molar-refractivity contribution < 1.29 is 14.7 Å². The molecule has 1 aliphatic heterocycles. The van der Waals surface area contributed by atoms with Gasteiger partial charge in [0.15, 0.2) is 5.41 Å². The lowest BCUT2D eigenvalue weighted by Gasteiger charge is -2.43.